The van der Waals surface area contributed by atoms with Crippen LogP contribution in [-0.4, -0.2) is 37.0 Å². The maximum atomic E-state index is 12.5. The predicted octanol–water partition coefficient (Wildman–Crippen LogP) is 1.76. The Morgan fingerprint density at radius 2 is 2.00 bits per heavy atom. The molecule has 0 unspecified atom stereocenters. The van der Waals surface area contributed by atoms with Gasteiger partial charge in [0.25, 0.3) is 0 Å². The minimum Gasteiger partial charge on any atom is -0.337 e. The number of carbonyl (C=O) groups is 1. The van der Waals surface area contributed by atoms with Crippen molar-refractivity contribution < 1.29 is 4.79 Å². The van der Waals surface area contributed by atoms with Gasteiger partial charge in [0.15, 0.2) is 5.65 Å². The van der Waals surface area contributed by atoms with Gasteiger partial charge in [-0.05, 0) is 24.3 Å². The minimum atomic E-state index is -0.322. The highest BCUT2D eigenvalue weighted by Gasteiger charge is 2.15. The van der Waals surface area contributed by atoms with Crippen molar-refractivity contribution in [1.82, 2.24) is 24.1 Å². The molecule has 0 aliphatic rings. The van der Waals surface area contributed by atoms with E-state index in [0.29, 0.717) is 12.2 Å². The zero-order chi connectivity index (χ0) is 17.4. The molecule has 0 spiro atoms. The lowest BCUT2D eigenvalue weighted by atomic mass is 10.3. The molecule has 0 fully saturated rings. The van der Waals surface area contributed by atoms with E-state index in [9.17, 15) is 9.59 Å². The summed E-state index contributed by atoms with van der Waals surface area (Å²) >= 11 is 1.56. The van der Waals surface area contributed by atoms with Crippen LogP contribution >= 0.6 is 11.3 Å². The van der Waals surface area contributed by atoms with Gasteiger partial charge in [-0.15, -0.1) is 16.4 Å². The largest absolute Gasteiger partial charge is 0.350 e. The Balaban J connectivity index is 1.51. The molecule has 126 valence electrons. The smallest absolute Gasteiger partial charge is 0.337 e. The maximum Gasteiger partial charge on any atom is 0.350 e. The Kier molecular flexibility index (Phi) is 3.81. The number of hydrogen-bond donors (Lipinski definition) is 0. The first-order valence-electron chi connectivity index (χ1n) is 7.74. The Morgan fingerprint density at radius 1 is 1.20 bits per heavy atom. The quantitative estimate of drug-likeness (QED) is 0.560. The Hall–Kier alpha value is -3.00. The summed E-state index contributed by atoms with van der Waals surface area (Å²) in [7, 11) is 1.70. The summed E-state index contributed by atoms with van der Waals surface area (Å²) < 4.78 is 3.70. The van der Waals surface area contributed by atoms with Gasteiger partial charge in [-0.3, -0.25) is 9.20 Å². The molecule has 8 heteroatoms. The molecule has 0 atom stereocenters. The van der Waals surface area contributed by atoms with E-state index < -0.39 is 0 Å². The number of carbonyl (C=O) groups excluding carboxylic acids is 1. The lowest BCUT2D eigenvalue weighted by Gasteiger charge is -2.14. The molecule has 3 heterocycles. The van der Waals surface area contributed by atoms with Crippen molar-refractivity contribution in [2.24, 2.45) is 0 Å². The Bertz CT molecular complexity index is 1090. The number of amides is 1. The molecule has 0 saturated heterocycles. The fraction of sp³-hybridized carbons (Fsp3) is 0.176. The average Bonchev–Trinajstić information content (AvgIpc) is 3.16. The maximum absolute atomic E-state index is 12.5. The molecule has 1 amide bonds. The molecular formula is C17H15N5O2S. The number of aromatic nitrogens is 4. The van der Waals surface area contributed by atoms with Crippen molar-refractivity contribution in [3.63, 3.8) is 0 Å². The second-order valence-corrected chi connectivity index (χ2v) is 6.81. The molecule has 3 aromatic heterocycles. The summed E-state index contributed by atoms with van der Waals surface area (Å²) in [5.41, 5.74) is 1.13. The fourth-order valence-electron chi connectivity index (χ4n) is 2.60. The number of hydrogen-bond acceptors (Lipinski definition) is 5. The molecule has 0 aliphatic heterocycles. The standard InChI is InChI=1S/C17H15N5O2S/c1-20(10-15-18-12-6-2-3-7-13(12)25-15)16(23)11-22-17(24)21-9-5-4-8-14(21)19-22/h2-9H,10-11H2,1H3. The van der Waals surface area contributed by atoms with E-state index in [1.807, 2.05) is 24.3 Å². The Labute approximate surface area is 146 Å². The normalized spacial score (nSPS) is 11.2. The highest BCUT2D eigenvalue weighted by Crippen LogP contribution is 2.22. The van der Waals surface area contributed by atoms with Crippen LogP contribution in [0.15, 0.2) is 53.5 Å². The molecule has 1 aromatic carbocycles. The number of benzene rings is 1. The number of nitrogens with zero attached hydrogens (tertiary/aromatic N) is 5. The molecule has 0 N–H and O–H groups in total. The second-order valence-electron chi connectivity index (χ2n) is 5.69. The van der Waals surface area contributed by atoms with E-state index in [0.717, 1.165) is 15.2 Å². The summed E-state index contributed by atoms with van der Waals surface area (Å²) in [5, 5.41) is 5.04. The summed E-state index contributed by atoms with van der Waals surface area (Å²) in [6.45, 7) is 0.308. The molecular weight excluding hydrogens is 338 g/mol. The predicted molar refractivity (Wildman–Crippen MR) is 95.5 cm³/mol. The van der Waals surface area contributed by atoms with Crippen molar-refractivity contribution >= 4 is 33.1 Å². The topological polar surface area (TPSA) is 72.5 Å². The molecule has 0 aliphatic carbocycles. The first kappa shape index (κ1) is 15.5. The molecule has 0 bridgehead atoms. The van der Waals surface area contributed by atoms with Gasteiger partial charge in [0.05, 0.1) is 16.8 Å². The summed E-state index contributed by atoms with van der Waals surface area (Å²) in [4.78, 5) is 30.8. The minimum absolute atomic E-state index is 0.0953. The van der Waals surface area contributed by atoms with E-state index in [2.05, 4.69) is 10.1 Å². The lowest BCUT2D eigenvalue weighted by Crippen LogP contribution is -2.33. The third-order valence-corrected chi connectivity index (χ3v) is 4.93. The highest BCUT2D eigenvalue weighted by atomic mass is 32.1. The van der Waals surface area contributed by atoms with E-state index in [1.165, 1.54) is 9.08 Å². The zero-order valence-corrected chi connectivity index (χ0v) is 14.3. The van der Waals surface area contributed by atoms with Crippen molar-refractivity contribution in [3.8, 4) is 0 Å². The van der Waals surface area contributed by atoms with Crippen LogP contribution in [0.2, 0.25) is 0 Å². The summed E-state index contributed by atoms with van der Waals surface area (Å²) in [6, 6.07) is 13.1. The van der Waals surface area contributed by atoms with Gasteiger partial charge in [0.2, 0.25) is 5.91 Å². The van der Waals surface area contributed by atoms with Crippen molar-refractivity contribution in [2.45, 2.75) is 13.1 Å². The summed E-state index contributed by atoms with van der Waals surface area (Å²) in [6.07, 6.45) is 1.64. The molecule has 4 rings (SSSR count). The van der Waals surface area contributed by atoms with Gasteiger partial charge in [0, 0.05) is 13.2 Å². The number of fused-ring (bicyclic) bond motifs is 2. The van der Waals surface area contributed by atoms with Crippen LogP contribution in [0.25, 0.3) is 15.9 Å². The van der Waals surface area contributed by atoms with Crippen LogP contribution in [0.1, 0.15) is 5.01 Å². The van der Waals surface area contributed by atoms with Crippen molar-refractivity contribution in [1.29, 1.82) is 0 Å². The van der Waals surface area contributed by atoms with Crippen LogP contribution in [-0.2, 0) is 17.9 Å². The van der Waals surface area contributed by atoms with Gasteiger partial charge >= 0.3 is 5.69 Å². The molecule has 25 heavy (non-hydrogen) atoms. The van der Waals surface area contributed by atoms with Gasteiger partial charge < -0.3 is 4.90 Å². The molecule has 0 saturated carbocycles. The van der Waals surface area contributed by atoms with Gasteiger partial charge in [-0.1, -0.05) is 18.2 Å². The van der Waals surface area contributed by atoms with Crippen LogP contribution in [0.5, 0.6) is 0 Å². The van der Waals surface area contributed by atoms with Crippen molar-refractivity contribution in [3.05, 3.63) is 64.2 Å². The SMILES string of the molecule is CN(Cc1nc2ccccc2s1)C(=O)Cn1nc2ccccn2c1=O. The van der Waals surface area contributed by atoms with Gasteiger partial charge in [-0.2, -0.15) is 0 Å². The van der Waals surface area contributed by atoms with Crippen LogP contribution in [0.3, 0.4) is 0 Å². The lowest BCUT2D eigenvalue weighted by molar-refractivity contribution is -0.131. The van der Waals surface area contributed by atoms with E-state index in [-0.39, 0.29) is 18.1 Å². The molecule has 7 nitrogen and oxygen atoms in total. The van der Waals surface area contributed by atoms with Gasteiger partial charge in [-0.25, -0.2) is 14.5 Å². The van der Waals surface area contributed by atoms with Crippen LogP contribution < -0.4 is 5.69 Å². The number of pyridine rings is 1. The monoisotopic (exact) mass is 353 g/mol. The van der Waals surface area contributed by atoms with Crippen molar-refractivity contribution in [2.75, 3.05) is 7.05 Å². The molecule has 0 radical (unpaired) electrons. The number of thiazole rings is 1. The van der Waals surface area contributed by atoms with E-state index in [4.69, 9.17) is 0 Å². The zero-order valence-electron chi connectivity index (χ0n) is 13.5. The van der Waals surface area contributed by atoms with Crippen LogP contribution in [0.4, 0.5) is 0 Å². The van der Waals surface area contributed by atoms with Crippen LogP contribution in [0, 0.1) is 0 Å². The van der Waals surface area contributed by atoms with E-state index >= 15 is 0 Å². The molecule has 4 aromatic rings. The first-order chi connectivity index (χ1) is 12.1. The van der Waals surface area contributed by atoms with Gasteiger partial charge in [0.1, 0.15) is 11.6 Å². The third kappa shape index (κ3) is 2.91. The second kappa shape index (κ2) is 6.14. The third-order valence-electron chi connectivity index (χ3n) is 3.91. The first-order valence-corrected chi connectivity index (χ1v) is 8.56. The average molecular weight is 353 g/mol. The number of likely N-dealkylation sites (N-methyl/N-ethyl adjacent to an activating group) is 1. The summed E-state index contributed by atoms with van der Waals surface area (Å²) in [5.74, 6) is -0.190. The van der Waals surface area contributed by atoms with E-state index in [1.54, 1.807) is 47.7 Å². The Morgan fingerprint density at radius 3 is 2.80 bits per heavy atom. The highest BCUT2D eigenvalue weighted by molar-refractivity contribution is 7.18. The number of para-hydroxylation sites is 1. The fourth-order valence-corrected chi connectivity index (χ4v) is 3.62. The number of rotatable bonds is 4.